The maximum absolute atomic E-state index is 2.38. The molecule has 0 N–H and O–H groups in total. The molecule has 0 bridgehead atoms. The molecule has 27 heavy (non-hydrogen) atoms. The monoisotopic (exact) mass is 362 g/mol. The van der Waals surface area contributed by atoms with Crippen LogP contribution in [0.2, 0.25) is 0 Å². The van der Waals surface area contributed by atoms with Crippen molar-refractivity contribution in [3.63, 3.8) is 0 Å². The summed E-state index contributed by atoms with van der Waals surface area (Å²) >= 11 is 0. The van der Waals surface area contributed by atoms with Crippen LogP contribution in [0.5, 0.6) is 0 Å². The number of rotatable bonds is 1. The molecule has 3 aromatic rings. The van der Waals surface area contributed by atoms with Gasteiger partial charge in [0, 0.05) is 5.41 Å². The number of fused-ring (bicyclic) bond motifs is 3. The highest BCUT2D eigenvalue weighted by molar-refractivity contribution is 5.83. The Kier molecular flexibility index (Phi) is 8.73. The first-order chi connectivity index (χ1) is 11.6. The molecule has 3 aromatic carbocycles. The van der Waals surface area contributed by atoms with Gasteiger partial charge in [-0.2, -0.15) is 0 Å². The van der Waals surface area contributed by atoms with E-state index in [1.54, 1.807) is 0 Å². The molecule has 0 fully saturated rings. The van der Waals surface area contributed by atoms with Gasteiger partial charge in [0.25, 0.3) is 0 Å². The van der Waals surface area contributed by atoms with Crippen LogP contribution in [0.4, 0.5) is 0 Å². The fourth-order valence-corrected chi connectivity index (χ4v) is 3.71. The predicted molar refractivity (Wildman–Crippen MR) is 126 cm³/mol. The second-order valence-corrected chi connectivity index (χ2v) is 6.80. The van der Waals surface area contributed by atoms with Gasteiger partial charge < -0.3 is 0 Å². The molecule has 0 unspecified atom stereocenters. The molecule has 0 spiro atoms. The Hall–Kier alpha value is -2.34. The first kappa shape index (κ1) is 24.7. The van der Waals surface area contributed by atoms with E-state index in [1.165, 1.54) is 38.9 Å². The van der Waals surface area contributed by atoms with Gasteiger partial charge in [-0.1, -0.05) is 116 Å². The molecule has 0 heterocycles. The normalized spacial score (nSPS) is 12.0. The van der Waals surface area contributed by atoms with Crippen molar-refractivity contribution >= 4 is 0 Å². The largest absolute Gasteiger partial charge is 0.0776 e. The van der Waals surface area contributed by atoms with Gasteiger partial charge in [0.2, 0.25) is 0 Å². The van der Waals surface area contributed by atoms with Gasteiger partial charge in [0.1, 0.15) is 0 Å². The van der Waals surface area contributed by atoms with Crippen molar-refractivity contribution in [2.45, 2.75) is 62.3 Å². The van der Waals surface area contributed by atoms with Crippen LogP contribution in [0, 0.1) is 6.92 Å². The molecule has 0 radical (unpaired) electrons. The minimum atomic E-state index is 0. The molecule has 0 heteroatoms. The number of aryl methyl sites for hydroxylation is 1. The molecule has 0 aliphatic heterocycles. The fourth-order valence-electron chi connectivity index (χ4n) is 3.71. The summed E-state index contributed by atoms with van der Waals surface area (Å²) in [4.78, 5) is 0. The summed E-state index contributed by atoms with van der Waals surface area (Å²) in [6, 6.07) is 24.5. The SMILES string of the molecule is C.C.C.CC.Cc1cccc(-c2ccc3c(c2)C(C)(C)c2ccccc2-3)c1. The summed E-state index contributed by atoms with van der Waals surface area (Å²) < 4.78 is 0. The van der Waals surface area contributed by atoms with E-state index < -0.39 is 0 Å². The zero-order chi connectivity index (χ0) is 17.3. The first-order valence-electron chi connectivity index (χ1n) is 8.89. The molecule has 0 atom stereocenters. The Bertz CT molecular complexity index is 869. The highest BCUT2D eigenvalue weighted by Crippen LogP contribution is 2.49. The van der Waals surface area contributed by atoms with Gasteiger partial charge >= 0.3 is 0 Å². The third-order valence-corrected chi connectivity index (χ3v) is 4.93. The molecule has 146 valence electrons. The van der Waals surface area contributed by atoms with E-state index in [4.69, 9.17) is 0 Å². The summed E-state index contributed by atoms with van der Waals surface area (Å²) in [5.74, 6) is 0. The number of benzene rings is 3. The maximum atomic E-state index is 2.38. The predicted octanol–water partition coefficient (Wildman–Crippen LogP) is 8.90. The van der Waals surface area contributed by atoms with E-state index in [0.29, 0.717) is 0 Å². The van der Waals surface area contributed by atoms with Crippen LogP contribution in [0.25, 0.3) is 22.3 Å². The Balaban J connectivity index is 0.00000131. The summed E-state index contributed by atoms with van der Waals surface area (Å²) in [6.45, 7) is 10.8. The third-order valence-electron chi connectivity index (χ3n) is 4.93. The summed E-state index contributed by atoms with van der Waals surface area (Å²) in [5.41, 5.74) is 9.64. The zero-order valence-electron chi connectivity index (χ0n) is 15.4. The van der Waals surface area contributed by atoms with E-state index in [9.17, 15) is 0 Å². The number of hydrogen-bond donors (Lipinski definition) is 0. The second kappa shape index (κ2) is 9.55. The molecule has 1 aliphatic carbocycles. The minimum Gasteiger partial charge on any atom is -0.0776 e. The number of hydrogen-bond acceptors (Lipinski definition) is 0. The average molecular weight is 363 g/mol. The summed E-state index contributed by atoms with van der Waals surface area (Å²) in [7, 11) is 0. The van der Waals surface area contributed by atoms with Crippen molar-refractivity contribution in [1.82, 2.24) is 0 Å². The average Bonchev–Trinajstić information content (AvgIpc) is 2.85. The van der Waals surface area contributed by atoms with Crippen molar-refractivity contribution in [2.75, 3.05) is 0 Å². The standard InChI is InChI=1S/C22H20.C2H6.3CH4/c1-15-7-6-8-16(13-15)17-11-12-19-18-9-4-5-10-20(18)22(2,3)21(19)14-17;1-2;;;/h4-14H,1-3H3;1-2H3;3*1H4. The van der Waals surface area contributed by atoms with Crippen molar-refractivity contribution < 1.29 is 0 Å². The maximum Gasteiger partial charge on any atom is 0.0159 e. The molecule has 0 saturated heterocycles. The highest BCUT2D eigenvalue weighted by Gasteiger charge is 2.35. The fraction of sp³-hybridized carbons (Fsp3) is 0.333. The van der Waals surface area contributed by atoms with Crippen LogP contribution >= 0.6 is 0 Å². The molecule has 0 nitrogen and oxygen atoms in total. The van der Waals surface area contributed by atoms with E-state index in [1.807, 2.05) is 13.8 Å². The van der Waals surface area contributed by atoms with Gasteiger partial charge in [0.05, 0.1) is 0 Å². The summed E-state index contributed by atoms with van der Waals surface area (Å²) in [5, 5.41) is 0. The Labute approximate surface area is 168 Å². The van der Waals surface area contributed by atoms with E-state index in [2.05, 4.69) is 87.5 Å². The zero-order valence-corrected chi connectivity index (χ0v) is 15.4. The van der Waals surface area contributed by atoms with E-state index >= 15 is 0 Å². The van der Waals surface area contributed by atoms with Gasteiger partial charge in [-0.3, -0.25) is 0 Å². The van der Waals surface area contributed by atoms with Crippen molar-refractivity contribution in [3.05, 3.63) is 83.4 Å². The van der Waals surface area contributed by atoms with E-state index in [0.717, 1.165) is 0 Å². The lowest BCUT2D eigenvalue weighted by Crippen LogP contribution is -2.14. The first-order valence-corrected chi connectivity index (χ1v) is 8.89. The summed E-state index contributed by atoms with van der Waals surface area (Å²) in [6.07, 6.45) is 0. The lowest BCUT2D eigenvalue weighted by atomic mass is 9.81. The molecule has 0 aromatic heterocycles. The van der Waals surface area contributed by atoms with Gasteiger partial charge in [0.15, 0.2) is 0 Å². The van der Waals surface area contributed by atoms with Crippen molar-refractivity contribution in [1.29, 1.82) is 0 Å². The minimum absolute atomic E-state index is 0. The highest BCUT2D eigenvalue weighted by atomic mass is 14.4. The van der Waals surface area contributed by atoms with Crippen molar-refractivity contribution in [2.24, 2.45) is 0 Å². The van der Waals surface area contributed by atoms with Crippen LogP contribution in [0.1, 0.15) is 66.7 Å². The topological polar surface area (TPSA) is 0 Å². The Morgan fingerprint density at radius 2 is 1.19 bits per heavy atom. The van der Waals surface area contributed by atoms with Crippen LogP contribution in [-0.4, -0.2) is 0 Å². The van der Waals surface area contributed by atoms with E-state index in [-0.39, 0.29) is 27.7 Å². The van der Waals surface area contributed by atoms with Crippen LogP contribution in [-0.2, 0) is 5.41 Å². The van der Waals surface area contributed by atoms with Crippen LogP contribution in [0.3, 0.4) is 0 Å². The second-order valence-electron chi connectivity index (χ2n) is 6.80. The molecule has 4 rings (SSSR count). The molecule has 1 aliphatic rings. The lowest BCUT2D eigenvalue weighted by Gasteiger charge is -2.22. The molecular formula is C27H38. The lowest BCUT2D eigenvalue weighted by molar-refractivity contribution is 0.660. The third kappa shape index (κ3) is 4.16. The van der Waals surface area contributed by atoms with Gasteiger partial charge in [-0.05, 0) is 46.4 Å². The molecular weight excluding hydrogens is 324 g/mol. The van der Waals surface area contributed by atoms with Gasteiger partial charge in [-0.25, -0.2) is 0 Å². The van der Waals surface area contributed by atoms with Crippen LogP contribution < -0.4 is 0 Å². The molecule has 0 saturated carbocycles. The van der Waals surface area contributed by atoms with Gasteiger partial charge in [-0.15, -0.1) is 0 Å². The Morgan fingerprint density at radius 1 is 0.593 bits per heavy atom. The van der Waals surface area contributed by atoms with Crippen LogP contribution in [0.15, 0.2) is 66.7 Å². The Morgan fingerprint density at radius 3 is 1.85 bits per heavy atom. The smallest absolute Gasteiger partial charge is 0.0159 e. The quantitative estimate of drug-likeness (QED) is 0.405. The molecule has 0 amide bonds. The van der Waals surface area contributed by atoms with Crippen molar-refractivity contribution in [3.8, 4) is 22.3 Å².